The molecule has 0 amide bonds. The topological polar surface area (TPSA) is 37.3 Å². The number of hydrogen-bond acceptors (Lipinski definition) is 2. The second kappa shape index (κ2) is 7.12. The van der Waals surface area contributed by atoms with E-state index in [1.807, 2.05) is 18.2 Å². The van der Waals surface area contributed by atoms with Crippen molar-refractivity contribution < 1.29 is 9.90 Å². The highest BCUT2D eigenvalue weighted by molar-refractivity contribution is 8.02. The van der Waals surface area contributed by atoms with Crippen LogP contribution in [0.1, 0.15) is 25.3 Å². The summed E-state index contributed by atoms with van der Waals surface area (Å²) in [5, 5.41) is 8.72. The smallest absolute Gasteiger partial charge is 0.329 e. The quantitative estimate of drug-likeness (QED) is 0.765. The van der Waals surface area contributed by atoms with Gasteiger partial charge in [-0.2, -0.15) is 0 Å². The van der Waals surface area contributed by atoms with Gasteiger partial charge in [0.05, 0.1) is 0 Å². The second-order valence-electron chi connectivity index (χ2n) is 3.47. The van der Waals surface area contributed by atoms with Gasteiger partial charge in [0.25, 0.3) is 0 Å². The Morgan fingerprint density at radius 3 is 2.62 bits per heavy atom. The Kier molecular flexibility index (Phi) is 5.72. The van der Waals surface area contributed by atoms with Crippen molar-refractivity contribution in [3.63, 3.8) is 0 Å². The molecule has 0 aliphatic heterocycles. The average molecular weight is 236 g/mol. The molecule has 1 aromatic rings. The van der Waals surface area contributed by atoms with E-state index < -0.39 is 5.97 Å². The summed E-state index contributed by atoms with van der Waals surface area (Å²) in [6.45, 7) is 2.05. The van der Waals surface area contributed by atoms with E-state index in [9.17, 15) is 4.79 Å². The first-order chi connectivity index (χ1) is 7.72. The van der Waals surface area contributed by atoms with Gasteiger partial charge in [-0.25, -0.2) is 4.79 Å². The molecule has 0 heterocycles. The van der Waals surface area contributed by atoms with Gasteiger partial charge in [-0.1, -0.05) is 43.7 Å². The van der Waals surface area contributed by atoms with Crippen molar-refractivity contribution in [2.75, 3.05) is 0 Å². The second-order valence-corrected chi connectivity index (χ2v) is 4.57. The molecule has 2 nitrogen and oxygen atoms in total. The van der Waals surface area contributed by atoms with Crippen LogP contribution in [-0.4, -0.2) is 11.1 Å². The Morgan fingerprint density at radius 2 is 2.06 bits per heavy atom. The van der Waals surface area contributed by atoms with Crippen LogP contribution in [0.25, 0.3) is 0 Å². The Balaban J connectivity index is 2.54. The van der Waals surface area contributed by atoms with Crippen LogP contribution in [0, 0.1) is 0 Å². The molecule has 3 heteroatoms. The van der Waals surface area contributed by atoms with Gasteiger partial charge >= 0.3 is 5.97 Å². The normalized spacial score (nSPS) is 11.4. The third-order valence-corrected chi connectivity index (χ3v) is 3.22. The van der Waals surface area contributed by atoms with Crippen molar-refractivity contribution in [2.45, 2.75) is 25.5 Å². The first kappa shape index (κ1) is 12.8. The summed E-state index contributed by atoms with van der Waals surface area (Å²) < 4.78 is 0. The van der Waals surface area contributed by atoms with Crippen LogP contribution in [-0.2, 0) is 10.5 Å². The highest BCUT2D eigenvalue weighted by Gasteiger charge is 2.01. The number of carboxylic acid groups (broad SMARTS) is 1. The minimum absolute atomic E-state index is 0.833. The Morgan fingerprint density at radius 1 is 1.38 bits per heavy atom. The maximum absolute atomic E-state index is 10.6. The van der Waals surface area contributed by atoms with Crippen molar-refractivity contribution in [3.05, 3.63) is 46.9 Å². The SMILES string of the molecule is CCC/C(=C\C(=O)O)SCc1ccccc1. The van der Waals surface area contributed by atoms with Gasteiger partial charge in [0.15, 0.2) is 0 Å². The average Bonchev–Trinajstić information content (AvgIpc) is 2.27. The largest absolute Gasteiger partial charge is 0.478 e. The molecule has 16 heavy (non-hydrogen) atoms. The van der Waals surface area contributed by atoms with Crippen LogP contribution in [0.15, 0.2) is 41.3 Å². The summed E-state index contributed by atoms with van der Waals surface area (Å²) in [5.74, 6) is -0.0241. The molecule has 1 N–H and O–H groups in total. The van der Waals surface area contributed by atoms with Crippen molar-refractivity contribution in [1.82, 2.24) is 0 Å². The van der Waals surface area contributed by atoms with E-state index in [0.29, 0.717) is 0 Å². The predicted molar refractivity (Wildman–Crippen MR) is 68.4 cm³/mol. The van der Waals surface area contributed by atoms with Gasteiger partial charge in [0.2, 0.25) is 0 Å². The van der Waals surface area contributed by atoms with E-state index >= 15 is 0 Å². The first-order valence-electron chi connectivity index (χ1n) is 5.32. The van der Waals surface area contributed by atoms with Gasteiger partial charge in [-0.15, -0.1) is 11.8 Å². The van der Waals surface area contributed by atoms with E-state index in [0.717, 1.165) is 23.5 Å². The number of carboxylic acids is 1. The molecule has 0 saturated heterocycles. The molecule has 1 rings (SSSR count). The van der Waals surface area contributed by atoms with Crippen molar-refractivity contribution in [2.24, 2.45) is 0 Å². The van der Waals surface area contributed by atoms with Crippen LogP contribution in [0.5, 0.6) is 0 Å². The third-order valence-electron chi connectivity index (χ3n) is 2.05. The lowest BCUT2D eigenvalue weighted by Gasteiger charge is -2.05. The molecule has 0 aliphatic carbocycles. The Bertz CT molecular complexity index is 357. The highest BCUT2D eigenvalue weighted by atomic mass is 32.2. The fraction of sp³-hybridized carbons (Fsp3) is 0.308. The fourth-order valence-electron chi connectivity index (χ4n) is 1.32. The number of rotatable bonds is 6. The number of allylic oxidation sites excluding steroid dienone is 1. The van der Waals surface area contributed by atoms with Crippen LogP contribution in [0.3, 0.4) is 0 Å². The van der Waals surface area contributed by atoms with Crippen LogP contribution < -0.4 is 0 Å². The summed E-state index contributed by atoms with van der Waals surface area (Å²) in [6, 6.07) is 10.1. The van der Waals surface area contributed by atoms with Crippen LogP contribution >= 0.6 is 11.8 Å². The van der Waals surface area contributed by atoms with E-state index in [-0.39, 0.29) is 0 Å². The lowest BCUT2D eigenvalue weighted by atomic mass is 10.2. The van der Waals surface area contributed by atoms with Crippen molar-refractivity contribution in [1.29, 1.82) is 0 Å². The van der Waals surface area contributed by atoms with Gasteiger partial charge in [0.1, 0.15) is 0 Å². The molecule has 0 aromatic heterocycles. The lowest BCUT2D eigenvalue weighted by Crippen LogP contribution is -1.91. The summed E-state index contributed by atoms with van der Waals surface area (Å²) >= 11 is 1.61. The standard InChI is InChI=1S/C13H16O2S/c1-2-6-12(9-13(14)15)16-10-11-7-4-3-5-8-11/h3-5,7-9H,2,6,10H2,1H3,(H,14,15)/b12-9+. The molecule has 0 bridgehead atoms. The summed E-state index contributed by atoms with van der Waals surface area (Å²) in [4.78, 5) is 11.5. The molecule has 0 aliphatic rings. The molecular formula is C13H16O2S. The lowest BCUT2D eigenvalue weighted by molar-refractivity contribution is -0.131. The zero-order valence-corrected chi connectivity index (χ0v) is 10.2. The van der Waals surface area contributed by atoms with E-state index in [2.05, 4.69) is 19.1 Å². The van der Waals surface area contributed by atoms with E-state index in [4.69, 9.17) is 5.11 Å². The van der Waals surface area contributed by atoms with Gasteiger partial charge in [-0.05, 0) is 16.9 Å². The number of aliphatic carboxylic acids is 1. The molecule has 0 atom stereocenters. The van der Waals surface area contributed by atoms with Gasteiger partial charge in [-0.3, -0.25) is 0 Å². The fourth-order valence-corrected chi connectivity index (χ4v) is 2.40. The highest BCUT2D eigenvalue weighted by Crippen LogP contribution is 2.24. The molecule has 0 unspecified atom stereocenters. The Hall–Kier alpha value is -1.22. The zero-order chi connectivity index (χ0) is 11.8. The molecular weight excluding hydrogens is 220 g/mol. The van der Waals surface area contributed by atoms with Crippen molar-refractivity contribution >= 4 is 17.7 Å². The van der Waals surface area contributed by atoms with Gasteiger partial charge in [0, 0.05) is 11.8 Å². The molecule has 0 spiro atoms. The summed E-state index contributed by atoms with van der Waals surface area (Å²) in [5.41, 5.74) is 1.22. The molecule has 0 fully saturated rings. The van der Waals surface area contributed by atoms with Crippen molar-refractivity contribution in [3.8, 4) is 0 Å². The van der Waals surface area contributed by atoms with E-state index in [1.165, 1.54) is 11.6 Å². The van der Waals surface area contributed by atoms with E-state index in [1.54, 1.807) is 11.8 Å². The first-order valence-corrected chi connectivity index (χ1v) is 6.31. The third kappa shape index (κ3) is 5.03. The van der Waals surface area contributed by atoms with Gasteiger partial charge < -0.3 is 5.11 Å². The predicted octanol–water partition coefficient (Wildman–Crippen LogP) is 3.69. The summed E-state index contributed by atoms with van der Waals surface area (Å²) in [6.07, 6.45) is 3.13. The molecule has 0 radical (unpaired) electrons. The molecule has 0 saturated carbocycles. The number of hydrogen-bond donors (Lipinski definition) is 1. The number of carbonyl (C=O) groups is 1. The Labute approximate surface area is 100 Å². The summed E-state index contributed by atoms with van der Waals surface area (Å²) in [7, 11) is 0. The zero-order valence-electron chi connectivity index (χ0n) is 9.35. The van der Waals surface area contributed by atoms with Crippen LogP contribution in [0.4, 0.5) is 0 Å². The molecule has 86 valence electrons. The number of benzene rings is 1. The maximum atomic E-state index is 10.6. The minimum atomic E-state index is -0.857. The maximum Gasteiger partial charge on any atom is 0.329 e. The molecule has 1 aromatic carbocycles. The van der Waals surface area contributed by atoms with Crippen LogP contribution in [0.2, 0.25) is 0 Å². The number of thioether (sulfide) groups is 1. The minimum Gasteiger partial charge on any atom is -0.478 e. The monoisotopic (exact) mass is 236 g/mol.